The fourth-order valence-corrected chi connectivity index (χ4v) is 5.05. The zero-order valence-electron chi connectivity index (χ0n) is 21.5. The molecule has 198 valence electrons. The number of hydrogen-bond donors (Lipinski definition) is 1. The molecule has 5 rings (SSSR count). The molecule has 0 spiro atoms. The molecule has 7 nitrogen and oxygen atoms in total. The van der Waals surface area contributed by atoms with Gasteiger partial charge in [0.05, 0.1) is 16.1 Å². The van der Waals surface area contributed by atoms with E-state index in [2.05, 4.69) is 9.80 Å². The van der Waals surface area contributed by atoms with E-state index in [1.807, 2.05) is 56.3 Å². The van der Waals surface area contributed by atoms with E-state index in [1.165, 1.54) is 6.26 Å². The summed E-state index contributed by atoms with van der Waals surface area (Å²) in [4.78, 5) is 17.4. The fourth-order valence-electron chi connectivity index (χ4n) is 4.79. The predicted octanol–water partition coefficient (Wildman–Crippen LogP) is 5.42. The lowest BCUT2D eigenvalue weighted by atomic mass is 10.1. The van der Waals surface area contributed by atoms with E-state index in [1.54, 1.807) is 18.2 Å². The van der Waals surface area contributed by atoms with Crippen LogP contribution >= 0.6 is 11.6 Å². The highest BCUT2D eigenvalue weighted by molar-refractivity contribution is 6.33. The molecule has 1 aromatic heterocycles. The number of para-hydroxylation sites is 1. The highest BCUT2D eigenvalue weighted by Gasteiger charge is 2.21. The predicted molar refractivity (Wildman–Crippen MR) is 150 cm³/mol. The zero-order valence-corrected chi connectivity index (χ0v) is 22.3. The van der Waals surface area contributed by atoms with Crippen LogP contribution in [0.25, 0.3) is 11.0 Å². The van der Waals surface area contributed by atoms with Crippen LogP contribution in [-0.2, 0) is 0 Å². The average Bonchev–Trinajstić information content (AvgIpc) is 2.89. The second-order valence-electron chi connectivity index (χ2n) is 9.72. The smallest absolute Gasteiger partial charge is 0.235 e. The van der Waals surface area contributed by atoms with Crippen molar-refractivity contribution in [1.82, 2.24) is 4.90 Å². The van der Waals surface area contributed by atoms with E-state index in [-0.39, 0.29) is 17.8 Å². The molecule has 38 heavy (non-hydrogen) atoms. The molecule has 1 fully saturated rings. The van der Waals surface area contributed by atoms with Crippen molar-refractivity contribution >= 4 is 28.3 Å². The first-order valence-corrected chi connectivity index (χ1v) is 13.1. The molecule has 1 N–H and O–H groups in total. The van der Waals surface area contributed by atoms with Gasteiger partial charge < -0.3 is 23.9 Å². The number of aliphatic hydroxyl groups is 1. The fraction of sp³-hybridized carbons (Fsp3) is 0.300. The van der Waals surface area contributed by atoms with E-state index in [0.717, 1.165) is 48.0 Å². The molecule has 4 aromatic rings. The van der Waals surface area contributed by atoms with Crippen molar-refractivity contribution in [3.63, 3.8) is 0 Å². The van der Waals surface area contributed by atoms with Gasteiger partial charge >= 0.3 is 0 Å². The van der Waals surface area contributed by atoms with Gasteiger partial charge in [-0.05, 0) is 61.4 Å². The number of β-amino-alcohol motifs (C(OH)–C–C–N with tert-alkyl or cyclic N) is 1. The third-order valence-electron chi connectivity index (χ3n) is 6.61. The van der Waals surface area contributed by atoms with Crippen LogP contribution in [0.4, 0.5) is 5.69 Å². The summed E-state index contributed by atoms with van der Waals surface area (Å²) in [5.74, 6) is 1.24. The molecule has 2 heterocycles. The maximum Gasteiger partial charge on any atom is 0.235 e. The number of fused-ring (bicyclic) bond motifs is 1. The van der Waals surface area contributed by atoms with E-state index in [0.29, 0.717) is 29.0 Å². The number of hydrogen-bond acceptors (Lipinski definition) is 7. The lowest BCUT2D eigenvalue weighted by molar-refractivity contribution is 0.0663. The van der Waals surface area contributed by atoms with Gasteiger partial charge in [-0.3, -0.25) is 9.69 Å². The Morgan fingerprint density at radius 1 is 0.974 bits per heavy atom. The van der Waals surface area contributed by atoms with Gasteiger partial charge in [0.15, 0.2) is 0 Å². The number of aliphatic hydroxyl groups excluding tert-OH is 1. The van der Waals surface area contributed by atoms with Gasteiger partial charge in [0, 0.05) is 38.8 Å². The second-order valence-corrected chi connectivity index (χ2v) is 10.1. The van der Waals surface area contributed by atoms with Crippen molar-refractivity contribution in [3.8, 4) is 17.2 Å². The number of piperazine rings is 1. The van der Waals surface area contributed by atoms with E-state index < -0.39 is 6.10 Å². The van der Waals surface area contributed by atoms with Gasteiger partial charge in [0.1, 0.15) is 36.1 Å². The minimum Gasteiger partial charge on any atom is -0.491 e. The topological polar surface area (TPSA) is 75.4 Å². The van der Waals surface area contributed by atoms with Crippen molar-refractivity contribution in [2.75, 3.05) is 44.2 Å². The molecule has 1 aliphatic heterocycles. The Hall–Kier alpha value is -3.52. The molecule has 1 aliphatic rings. The van der Waals surface area contributed by atoms with Crippen molar-refractivity contribution in [2.24, 2.45) is 0 Å². The van der Waals surface area contributed by atoms with Gasteiger partial charge in [-0.15, -0.1) is 0 Å². The van der Waals surface area contributed by atoms with Crippen LogP contribution in [0.3, 0.4) is 0 Å². The first-order chi connectivity index (χ1) is 18.4. The number of halogens is 1. The lowest BCUT2D eigenvalue weighted by Crippen LogP contribution is -2.49. The Kier molecular flexibility index (Phi) is 7.88. The van der Waals surface area contributed by atoms with Crippen LogP contribution in [-0.4, -0.2) is 55.4 Å². The Labute approximate surface area is 226 Å². The molecule has 0 amide bonds. The number of nitrogens with zero attached hydrogens (tertiary/aromatic N) is 2. The molecule has 0 aliphatic carbocycles. The molecule has 0 unspecified atom stereocenters. The lowest BCUT2D eigenvalue weighted by Gasteiger charge is -2.37. The summed E-state index contributed by atoms with van der Waals surface area (Å²) in [6, 6.07) is 18.7. The van der Waals surface area contributed by atoms with Crippen LogP contribution in [0.1, 0.15) is 11.1 Å². The monoisotopic (exact) mass is 534 g/mol. The van der Waals surface area contributed by atoms with E-state index >= 15 is 0 Å². The maximum atomic E-state index is 13.0. The Morgan fingerprint density at radius 3 is 2.45 bits per heavy atom. The molecule has 0 radical (unpaired) electrons. The molecule has 1 saturated heterocycles. The maximum absolute atomic E-state index is 13.0. The van der Waals surface area contributed by atoms with Crippen LogP contribution in [0.2, 0.25) is 5.02 Å². The zero-order chi connectivity index (χ0) is 26.6. The summed E-state index contributed by atoms with van der Waals surface area (Å²) in [5.41, 5.74) is 3.28. The summed E-state index contributed by atoms with van der Waals surface area (Å²) in [7, 11) is 0. The van der Waals surface area contributed by atoms with Gasteiger partial charge in [0.25, 0.3) is 0 Å². The SMILES string of the molecule is Cc1cc(C)cc(Oc2coc3cc(OC[C@H](O)CN4CCN(c5ccccc5Cl)CC4)ccc3c2=O)c1. The quantitative estimate of drug-likeness (QED) is 0.323. The van der Waals surface area contributed by atoms with E-state index in [4.69, 9.17) is 25.5 Å². The molecule has 1 atom stereocenters. The van der Waals surface area contributed by atoms with E-state index in [9.17, 15) is 9.90 Å². The number of ether oxygens (including phenoxy) is 2. The number of aryl methyl sites for hydroxylation is 2. The highest BCUT2D eigenvalue weighted by atomic mass is 35.5. The first kappa shape index (κ1) is 26.1. The highest BCUT2D eigenvalue weighted by Crippen LogP contribution is 2.27. The first-order valence-electron chi connectivity index (χ1n) is 12.7. The molecule has 0 saturated carbocycles. The van der Waals surface area contributed by atoms with Crippen molar-refractivity contribution < 1.29 is 19.0 Å². The average molecular weight is 535 g/mol. The molecule has 0 bridgehead atoms. The normalized spacial score (nSPS) is 15.0. The Balaban J connectivity index is 1.15. The standard InChI is InChI=1S/C30H31ClN2O5/c1-20-13-21(2)15-24(14-20)38-29-19-37-28-16-23(7-8-25(28)30(29)35)36-18-22(34)17-32-9-11-33(12-10-32)27-6-4-3-5-26(27)31/h3-8,13-16,19,22,34H,9-12,17-18H2,1-2H3/t22-/m1/s1. The minimum atomic E-state index is -0.655. The summed E-state index contributed by atoms with van der Waals surface area (Å²) >= 11 is 6.33. The van der Waals surface area contributed by atoms with Crippen LogP contribution in [0.15, 0.2) is 76.1 Å². The Morgan fingerprint density at radius 2 is 1.71 bits per heavy atom. The van der Waals surface area contributed by atoms with Crippen molar-refractivity contribution in [1.29, 1.82) is 0 Å². The third kappa shape index (κ3) is 6.13. The minimum absolute atomic E-state index is 0.126. The second kappa shape index (κ2) is 11.5. The summed E-state index contributed by atoms with van der Waals surface area (Å²) in [5, 5.41) is 11.7. The van der Waals surface area contributed by atoms with Crippen LogP contribution in [0.5, 0.6) is 17.2 Å². The summed E-state index contributed by atoms with van der Waals surface area (Å²) in [6.45, 7) is 7.94. The molecule has 8 heteroatoms. The van der Waals surface area contributed by atoms with Crippen molar-refractivity contribution in [2.45, 2.75) is 20.0 Å². The number of benzene rings is 3. The van der Waals surface area contributed by atoms with Gasteiger partial charge in [0.2, 0.25) is 11.2 Å². The Bertz CT molecular complexity index is 1460. The van der Waals surface area contributed by atoms with Gasteiger partial charge in [-0.2, -0.15) is 0 Å². The summed E-state index contributed by atoms with van der Waals surface area (Å²) in [6.07, 6.45) is 0.668. The van der Waals surface area contributed by atoms with Gasteiger partial charge in [-0.1, -0.05) is 29.8 Å². The van der Waals surface area contributed by atoms with Crippen LogP contribution < -0.4 is 19.8 Å². The molecular formula is C30H31ClN2O5. The van der Waals surface area contributed by atoms with Gasteiger partial charge in [-0.25, -0.2) is 0 Å². The molecular weight excluding hydrogens is 504 g/mol. The number of anilines is 1. The van der Waals surface area contributed by atoms with Crippen molar-refractivity contribution in [3.05, 3.63) is 93.3 Å². The molecule has 3 aromatic carbocycles. The summed E-state index contributed by atoms with van der Waals surface area (Å²) < 4.78 is 17.3. The largest absolute Gasteiger partial charge is 0.491 e. The number of rotatable bonds is 8. The third-order valence-corrected chi connectivity index (χ3v) is 6.93. The van der Waals surface area contributed by atoms with Crippen LogP contribution in [0, 0.1) is 13.8 Å².